The lowest BCUT2D eigenvalue weighted by Crippen LogP contribution is -1.95. The van der Waals surface area contributed by atoms with E-state index in [1.165, 1.54) is 0 Å². The molecule has 1 aromatic carbocycles. The summed E-state index contributed by atoms with van der Waals surface area (Å²) < 4.78 is 0. The number of nitrogens with zero attached hydrogens (tertiary/aromatic N) is 3. The monoisotopic (exact) mass is 402 g/mol. The maximum absolute atomic E-state index is 9.21. The SMILES string of the molecule is CC(C)Cc1sc(Nc2cccnc2C#N)nc1-c1ccc(Cl)c(Cl)c1. The quantitative estimate of drug-likeness (QED) is 0.541. The van der Waals surface area contributed by atoms with Crippen LogP contribution in [-0.2, 0) is 6.42 Å². The van der Waals surface area contributed by atoms with Crippen molar-refractivity contribution in [1.29, 1.82) is 5.26 Å². The van der Waals surface area contributed by atoms with Gasteiger partial charge in [0, 0.05) is 16.6 Å². The first-order chi connectivity index (χ1) is 12.5. The first-order valence-corrected chi connectivity index (χ1v) is 9.62. The fraction of sp³-hybridized carbons (Fsp3) is 0.211. The van der Waals surface area contributed by atoms with Gasteiger partial charge < -0.3 is 5.32 Å². The number of rotatable bonds is 5. The molecule has 0 aliphatic heterocycles. The Balaban J connectivity index is 2.01. The molecule has 2 heterocycles. The fourth-order valence-electron chi connectivity index (χ4n) is 2.49. The molecular weight excluding hydrogens is 387 g/mol. The van der Waals surface area contributed by atoms with Crippen molar-refractivity contribution in [3.63, 3.8) is 0 Å². The topological polar surface area (TPSA) is 61.6 Å². The van der Waals surface area contributed by atoms with Crippen LogP contribution in [0, 0.1) is 17.2 Å². The summed E-state index contributed by atoms with van der Waals surface area (Å²) >= 11 is 13.8. The van der Waals surface area contributed by atoms with Gasteiger partial charge >= 0.3 is 0 Å². The van der Waals surface area contributed by atoms with Gasteiger partial charge in [0.05, 0.1) is 21.4 Å². The molecule has 4 nitrogen and oxygen atoms in total. The summed E-state index contributed by atoms with van der Waals surface area (Å²) in [4.78, 5) is 9.97. The van der Waals surface area contributed by atoms with Crippen molar-refractivity contribution in [3.8, 4) is 17.3 Å². The average Bonchev–Trinajstić information content (AvgIpc) is 2.99. The van der Waals surface area contributed by atoms with E-state index in [0.29, 0.717) is 32.5 Å². The minimum atomic E-state index is 0.337. The zero-order valence-electron chi connectivity index (χ0n) is 14.3. The largest absolute Gasteiger partial charge is 0.329 e. The normalized spacial score (nSPS) is 10.8. The molecule has 132 valence electrons. The smallest absolute Gasteiger partial charge is 0.188 e. The number of benzene rings is 1. The zero-order chi connectivity index (χ0) is 18.7. The third-order valence-corrected chi connectivity index (χ3v) is 5.37. The van der Waals surface area contributed by atoms with Crippen molar-refractivity contribution in [2.24, 2.45) is 5.92 Å². The molecular formula is C19H16Cl2N4S. The predicted octanol–water partition coefficient (Wildman–Crippen LogP) is 6.33. The average molecular weight is 403 g/mol. The van der Waals surface area contributed by atoms with Crippen LogP contribution >= 0.6 is 34.5 Å². The van der Waals surface area contributed by atoms with E-state index in [1.54, 1.807) is 29.7 Å². The van der Waals surface area contributed by atoms with Gasteiger partial charge in [0.1, 0.15) is 6.07 Å². The molecule has 0 spiro atoms. The summed E-state index contributed by atoms with van der Waals surface area (Å²) in [7, 11) is 0. The van der Waals surface area contributed by atoms with Gasteiger partial charge in [-0.2, -0.15) is 5.26 Å². The molecule has 2 aromatic heterocycles. The molecule has 0 aliphatic carbocycles. The van der Waals surface area contributed by atoms with Crippen molar-refractivity contribution in [3.05, 3.63) is 57.1 Å². The summed E-state index contributed by atoms with van der Waals surface area (Å²) in [6.07, 6.45) is 2.49. The second-order valence-corrected chi connectivity index (χ2v) is 8.05. The number of pyridine rings is 1. The number of thiazole rings is 1. The highest BCUT2D eigenvalue weighted by Gasteiger charge is 2.16. The fourth-order valence-corrected chi connectivity index (χ4v) is 4.00. The van der Waals surface area contributed by atoms with Gasteiger partial charge in [-0.3, -0.25) is 0 Å². The zero-order valence-corrected chi connectivity index (χ0v) is 16.6. The highest BCUT2D eigenvalue weighted by atomic mass is 35.5. The minimum absolute atomic E-state index is 0.337. The third kappa shape index (κ3) is 4.16. The third-order valence-electron chi connectivity index (χ3n) is 3.64. The number of hydrogen-bond acceptors (Lipinski definition) is 5. The molecule has 7 heteroatoms. The van der Waals surface area contributed by atoms with Crippen LogP contribution < -0.4 is 5.32 Å². The molecule has 0 aliphatic rings. The van der Waals surface area contributed by atoms with Crippen LogP contribution in [-0.4, -0.2) is 9.97 Å². The van der Waals surface area contributed by atoms with Crippen molar-refractivity contribution >= 4 is 45.4 Å². The molecule has 26 heavy (non-hydrogen) atoms. The number of aromatic nitrogens is 2. The molecule has 0 bridgehead atoms. The van der Waals surface area contributed by atoms with Gasteiger partial charge in [0.25, 0.3) is 0 Å². The summed E-state index contributed by atoms with van der Waals surface area (Å²) in [5, 5.41) is 14.2. The van der Waals surface area contributed by atoms with Gasteiger partial charge in [0.15, 0.2) is 10.8 Å². The summed E-state index contributed by atoms with van der Waals surface area (Å²) in [5.41, 5.74) is 2.78. The molecule has 0 amide bonds. The number of halogens is 2. The van der Waals surface area contributed by atoms with Gasteiger partial charge in [-0.05, 0) is 36.6 Å². The molecule has 0 fully saturated rings. The molecule has 0 radical (unpaired) electrons. The van der Waals surface area contributed by atoms with Crippen LogP contribution in [0.25, 0.3) is 11.3 Å². The molecule has 1 N–H and O–H groups in total. The Hall–Kier alpha value is -2.13. The lowest BCUT2D eigenvalue weighted by Gasteiger charge is -2.06. The standard InChI is InChI=1S/C19H16Cl2N4S/c1-11(2)8-17-18(12-5-6-13(20)14(21)9-12)25-19(26-17)24-15-4-3-7-23-16(15)10-22/h3-7,9,11H,8H2,1-2H3,(H,24,25). The van der Waals surface area contributed by atoms with E-state index >= 15 is 0 Å². The van der Waals surface area contributed by atoms with Gasteiger partial charge in [-0.1, -0.05) is 43.1 Å². The number of anilines is 2. The van der Waals surface area contributed by atoms with Crippen LogP contribution in [0.1, 0.15) is 24.4 Å². The van der Waals surface area contributed by atoms with E-state index in [-0.39, 0.29) is 0 Å². The van der Waals surface area contributed by atoms with Crippen LogP contribution in [0.4, 0.5) is 10.8 Å². The second-order valence-electron chi connectivity index (χ2n) is 6.15. The Morgan fingerprint density at radius 1 is 1.23 bits per heavy atom. The maximum atomic E-state index is 9.21. The number of hydrogen-bond donors (Lipinski definition) is 1. The van der Waals surface area contributed by atoms with Crippen LogP contribution in [0.2, 0.25) is 10.0 Å². The van der Waals surface area contributed by atoms with Crippen molar-refractivity contribution in [2.45, 2.75) is 20.3 Å². The highest BCUT2D eigenvalue weighted by Crippen LogP contribution is 2.36. The Morgan fingerprint density at radius 3 is 2.73 bits per heavy atom. The predicted molar refractivity (Wildman–Crippen MR) is 108 cm³/mol. The van der Waals surface area contributed by atoms with Crippen molar-refractivity contribution in [1.82, 2.24) is 9.97 Å². The van der Waals surface area contributed by atoms with Crippen LogP contribution in [0.15, 0.2) is 36.5 Å². The van der Waals surface area contributed by atoms with E-state index in [0.717, 1.165) is 22.6 Å². The van der Waals surface area contributed by atoms with Crippen LogP contribution in [0.3, 0.4) is 0 Å². The Morgan fingerprint density at radius 2 is 2.04 bits per heavy atom. The van der Waals surface area contributed by atoms with Gasteiger partial charge in [-0.25, -0.2) is 9.97 Å². The first-order valence-electron chi connectivity index (χ1n) is 8.05. The van der Waals surface area contributed by atoms with E-state index in [4.69, 9.17) is 28.2 Å². The summed E-state index contributed by atoms with van der Waals surface area (Å²) in [6, 6.07) is 11.2. The van der Waals surface area contributed by atoms with Crippen molar-refractivity contribution in [2.75, 3.05) is 5.32 Å². The molecule has 0 saturated heterocycles. The maximum Gasteiger partial charge on any atom is 0.188 e. The lowest BCUT2D eigenvalue weighted by atomic mass is 10.0. The highest BCUT2D eigenvalue weighted by molar-refractivity contribution is 7.16. The first kappa shape index (κ1) is 18.7. The lowest BCUT2D eigenvalue weighted by molar-refractivity contribution is 0.654. The van der Waals surface area contributed by atoms with E-state index < -0.39 is 0 Å². The Kier molecular flexibility index (Phi) is 5.77. The van der Waals surface area contributed by atoms with Gasteiger partial charge in [0.2, 0.25) is 0 Å². The minimum Gasteiger partial charge on any atom is -0.329 e. The molecule has 0 unspecified atom stereocenters. The van der Waals surface area contributed by atoms with E-state index in [2.05, 4.69) is 30.2 Å². The summed E-state index contributed by atoms with van der Waals surface area (Å²) in [5.74, 6) is 0.484. The van der Waals surface area contributed by atoms with E-state index in [9.17, 15) is 5.26 Å². The summed E-state index contributed by atoms with van der Waals surface area (Å²) in [6.45, 7) is 4.33. The van der Waals surface area contributed by atoms with E-state index in [1.807, 2.05) is 18.2 Å². The molecule has 0 saturated carbocycles. The number of nitriles is 1. The van der Waals surface area contributed by atoms with Gasteiger partial charge in [-0.15, -0.1) is 11.3 Å². The molecule has 3 aromatic rings. The second kappa shape index (κ2) is 8.05. The van der Waals surface area contributed by atoms with Crippen molar-refractivity contribution < 1.29 is 0 Å². The Labute approximate surface area is 166 Å². The molecule has 0 atom stereocenters. The van der Waals surface area contributed by atoms with Crippen LogP contribution in [0.5, 0.6) is 0 Å². The number of nitrogens with one attached hydrogen (secondary N) is 1. The molecule has 3 rings (SSSR count). The Bertz CT molecular complexity index is 976.